The van der Waals surface area contributed by atoms with Gasteiger partial charge in [-0.25, -0.2) is 4.98 Å². The van der Waals surface area contributed by atoms with E-state index in [9.17, 15) is 10.1 Å². The second-order valence-electron chi connectivity index (χ2n) is 8.90. The first-order valence-corrected chi connectivity index (χ1v) is 11.9. The van der Waals surface area contributed by atoms with Crippen molar-refractivity contribution in [3.63, 3.8) is 0 Å². The number of hydrogen-bond acceptors (Lipinski definition) is 4. The quantitative estimate of drug-likeness (QED) is 0.188. The van der Waals surface area contributed by atoms with Crippen molar-refractivity contribution in [3.8, 4) is 28.3 Å². The van der Waals surface area contributed by atoms with E-state index < -0.39 is 0 Å². The predicted octanol–water partition coefficient (Wildman–Crippen LogP) is 8.17. The molecular formula is C31H19N3O3. The first-order valence-electron chi connectivity index (χ1n) is 11.9. The highest BCUT2D eigenvalue weighted by Crippen LogP contribution is 2.39. The second-order valence-corrected chi connectivity index (χ2v) is 8.90. The lowest BCUT2D eigenvalue weighted by molar-refractivity contribution is -0.384. The number of rotatable bonds is 4. The Morgan fingerprint density at radius 2 is 1.41 bits per heavy atom. The molecule has 0 bridgehead atoms. The lowest BCUT2D eigenvalue weighted by Gasteiger charge is -2.08. The molecule has 0 radical (unpaired) electrons. The molecule has 0 amide bonds. The maximum Gasteiger partial charge on any atom is 0.277 e. The number of hydrogen-bond donors (Lipinski definition) is 0. The molecule has 0 aliphatic rings. The normalized spacial score (nSPS) is 11.5. The van der Waals surface area contributed by atoms with Gasteiger partial charge in [0.05, 0.1) is 21.5 Å². The number of benzene rings is 5. The summed E-state index contributed by atoms with van der Waals surface area (Å²) in [6, 6.07) is 36.9. The molecule has 0 saturated carbocycles. The highest BCUT2D eigenvalue weighted by Gasteiger charge is 2.19. The summed E-state index contributed by atoms with van der Waals surface area (Å²) in [5.74, 6) is 0.569. The Labute approximate surface area is 211 Å². The highest BCUT2D eigenvalue weighted by molar-refractivity contribution is 6.13. The molecule has 0 spiro atoms. The molecule has 0 N–H and O–H groups in total. The molecule has 0 unspecified atom stereocenters. The fraction of sp³-hybridized carbons (Fsp3) is 0. The van der Waals surface area contributed by atoms with Crippen molar-refractivity contribution in [2.75, 3.05) is 0 Å². The van der Waals surface area contributed by atoms with E-state index in [0.717, 1.165) is 44.1 Å². The molecule has 2 aromatic heterocycles. The van der Waals surface area contributed by atoms with E-state index in [2.05, 4.69) is 16.7 Å². The number of aromatic nitrogens is 2. The predicted molar refractivity (Wildman–Crippen MR) is 146 cm³/mol. The molecule has 0 aliphatic heterocycles. The Morgan fingerprint density at radius 1 is 0.703 bits per heavy atom. The summed E-state index contributed by atoms with van der Waals surface area (Å²) in [5.41, 5.74) is 6.82. The van der Waals surface area contributed by atoms with Gasteiger partial charge in [-0.05, 0) is 54.1 Å². The van der Waals surface area contributed by atoms with Crippen LogP contribution in [0.5, 0.6) is 0 Å². The minimum absolute atomic E-state index is 0.0834. The van der Waals surface area contributed by atoms with Crippen LogP contribution in [0.4, 0.5) is 5.69 Å². The van der Waals surface area contributed by atoms with Crippen molar-refractivity contribution in [2.24, 2.45) is 0 Å². The van der Waals surface area contributed by atoms with Crippen LogP contribution in [-0.4, -0.2) is 14.5 Å². The average molecular weight is 482 g/mol. The zero-order valence-corrected chi connectivity index (χ0v) is 19.5. The third-order valence-electron chi connectivity index (χ3n) is 6.72. The molecule has 6 heteroatoms. The van der Waals surface area contributed by atoms with Crippen LogP contribution in [0, 0.1) is 10.1 Å². The minimum Gasteiger partial charge on any atom is -0.436 e. The van der Waals surface area contributed by atoms with Gasteiger partial charge in [0.15, 0.2) is 5.58 Å². The Morgan fingerprint density at radius 3 is 2.19 bits per heavy atom. The van der Waals surface area contributed by atoms with Gasteiger partial charge in [-0.3, -0.25) is 10.1 Å². The second kappa shape index (κ2) is 8.17. The van der Waals surface area contributed by atoms with Crippen LogP contribution >= 0.6 is 0 Å². The van der Waals surface area contributed by atoms with Crippen molar-refractivity contribution in [1.82, 2.24) is 9.55 Å². The molecule has 0 atom stereocenters. The van der Waals surface area contributed by atoms with Crippen molar-refractivity contribution < 1.29 is 9.34 Å². The van der Waals surface area contributed by atoms with E-state index in [1.807, 2.05) is 84.9 Å². The van der Waals surface area contributed by atoms with Gasteiger partial charge in [0.25, 0.3) is 5.69 Å². The van der Waals surface area contributed by atoms with Crippen LogP contribution in [0.15, 0.2) is 120 Å². The van der Waals surface area contributed by atoms with Crippen molar-refractivity contribution in [3.05, 3.63) is 125 Å². The Hall–Kier alpha value is -5.23. The molecular weight excluding hydrogens is 462 g/mol. The number of nitro benzene ring substituents is 1. The fourth-order valence-corrected chi connectivity index (χ4v) is 5.04. The topological polar surface area (TPSA) is 74.1 Å². The Bertz CT molecular complexity index is 1950. The van der Waals surface area contributed by atoms with E-state index in [1.54, 1.807) is 12.1 Å². The van der Waals surface area contributed by atoms with Crippen LogP contribution in [-0.2, 0) is 0 Å². The number of para-hydroxylation sites is 2. The summed E-state index contributed by atoms with van der Waals surface area (Å²) in [6.45, 7) is 0. The number of fused-ring (bicyclic) bond motifs is 4. The first-order chi connectivity index (χ1) is 18.2. The third kappa shape index (κ3) is 3.38. The summed E-state index contributed by atoms with van der Waals surface area (Å²) in [4.78, 5) is 16.1. The molecule has 0 fully saturated rings. The molecule has 5 aromatic carbocycles. The zero-order chi connectivity index (χ0) is 24.9. The Kier molecular flexibility index (Phi) is 4.66. The smallest absolute Gasteiger partial charge is 0.277 e. The van der Waals surface area contributed by atoms with Gasteiger partial charge >= 0.3 is 0 Å². The SMILES string of the molecule is O=[N+]([O-])c1ccccc1-c1ccc2c(c1)c1cc3nc(-c4ccccc4)oc3cc1n2-c1ccccc1. The van der Waals surface area contributed by atoms with Crippen LogP contribution in [0.1, 0.15) is 0 Å². The standard InChI is InChI=1S/C31H19N3O3/c35-34(36)28-14-8-7-13-23(28)21-15-16-27-24(17-21)25-18-26-30(37-31(32-26)20-9-3-1-4-10-20)19-29(25)33(27)22-11-5-2-6-12-22/h1-19H. The summed E-state index contributed by atoms with van der Waals surface area (Å²) in [7, 11) is 0. The van der Waals surface area contributed by atoms with Crippen LogP contribution in [0.25, 0.3) is 61.2 Å². The molecule has 7 rings (SSSR count). The van der Waals surface area contributed by atoms with Crippen LogP contribution in [0.2, 0.25) is 0 Å². The van der Waals surface area contributed by atoms with Crippen LogP contribution in [0.3, 0.4) is 0 Å². The minimum atomic E-state index is -0.336. The lowest BCUT2D eigenvalue weighted by Crippen LogP contribution is -1.93. The van der Waals surface area contributed by atoms with E-state index in [4.69, 9.17) is 9.40 Å². The maximum atomic E-state index is 11.7. The fourth-order valence-electron chi connectivity index (χ4n) is 5.04. The zero-order valence-electron chi connectivity index (χ0n) is 19.5. The van der Waals surface area contributed by atoms with Crippen molar-refractivity contribution in [2.45, 2.75) is 0 Å². The van der Waals surface area contributed by atoms with Gasteiger partial charge in [-0.15, -0.1) is 0 Å². The van der Waals surface area contributed by atoms with E-state index in [0.29, 0.717) is 17.0 Å². The van der Waals surface area contributed by atoms with Crippen LogP contribution < -0.4 is 0 Å². The molecule has 37 heavy (non-hydrogen) atoms. The summed E-state index contributed by atoms with van der Waals surface area (Å²) >= 11 is 0. The Balaban J connectivity index is 1.53. The number of nitrogens with zero attached hydrogens (tertiary/aromatic N) is 3. The van der Waals surface area contributed by atoms with E-state index >= 15 is 0 Å². The van der Waals surface area contributed by atoms with Crippen molar-refractivity contribution in [1.29, 1.82) is 0 Å². The number of oxazole rings is 1. The van der Waals surface area contributed by atoms with Gasteiger partial charge in [0.2, 0.25) is 5.89 Å². The highest BCUT2D eigenvalue weighted by atomic mass is 16.6. The monoisotopic (exact) mass is 481 g/mol. The van der Waals surface area contributed by atoms with Gasteiger partial charge in [-0.2, -0.15) is 0 Å². The third-order valence-corrected chi connectivity index (χ3v) is 6.72. The summed E-state index contributed by atoms with van der Waals surface area (Å²) in [6.07, 6.45) is 0. The molecule has 2 heterocycles. The van der Waals surface area contributed by atoms with E-state index in [-0.39, 0.29) is 10.6 Å². The lowest BCUT2D eigenvalue weighted by atomic mass is 10.0. The molecule has 0 saturated heterocycles. The number of nitro groups is 1. The first kappa shape index (κ1) is 21.1. The van der Waals surface area contributed by atoms with Gasteiger partial charge in [0, 0.05) is 34.2 Å². The summed E-state index contributed by atoms with van der Waals surface area (Å²) in [5, 5.41) is 13.7. The van der Waals surface area contributed by atoms with Gasteiger partial charge < -0.3 is 8.98 Å². The summed E-state index contributed by atoms with van der Waals surface area (Å²) < 4.78 is 8.38. The molecule has 176 valence electrons. The van der Waals surface area contributed by atoms with Gasteiger partial charge in [-0.1, -0.05) is 54.6 Å². The van der Waals surface area contributed by atoms with Gasteiger partial charge in [0.1, 0.15) is 5.52 Å². The molecule has 7 aromatic rings. The maximum absolute atomic E-state index is 11.7. The molecule has 6 nitrogen and oxygen atoms in total. The van der Waals surface area contributed by atoms with Crippen molar-refractivity contribution >= 4 is 38.6 Å². The largest absolute Gasteiger partial charge is 0.436 e. The average Bonchev–Trinajstić information content (AvgIpc) is 3.50. The van der Waals surface area contributed by atoms with E-state index in [1.165, 1.54) is 6.07 Å². The molecule has 0 aliphatic carbocycles.